The Bertz CT molecular complexity index is 222. The lowest BCUT2D eigenvalue weighted by molar-refractivity contribution is -0.129. The Morgan fingerprint density at radius 1 is 1.29 bits per heavy atom. The van der Waals surface area contributed by atoms with Crippen LogP contribution in [0.3, 0.4) is 0 Å². The quantitative estimate of drug-likeness (QED) is 0.690. The molecule has 0 saturated heterocycles. The molecule has 0 aromatic carbocycles. The van der Waals surface area contributed by atoms with Gasteiger partial charge in [-0.2, -0.15) is 0 Å². The molecule has 1 aliphatic carbocycles. The maximum Gasteiger partial charge on any atom is 0.242 e. The number of amides is 2. The molecule has 0 aromatic heterocycles. The Kier molecular flexibility index (Phi) is 3.92. The maximum absolute atomic E-state index is 11.5. The van der Waals surface area contributed by atoms with Gasteiger partial charge in [-0.3, -0.25) is 9.59 Å². The van der Waals surface area contributed by atoms with E-state index in [1.54, 1.807) is 7.05 Å². The van der Waals surface area contributed by atoms with Crippen LogP contribution in [-0.4, -0.2) is 24.9 Å². The second-order valence-corrected chi connectivity index (χ2v) is 3.84. The van der Waals surface area contributed by atoms with Crippen molar-refractivity contribution in [3.8, 4) is 0 Å². The molecule has 0 bridgehead atoms. The molecule has 0 heterocycles. The summed E-state index contributed by atoms with van der Waals surface area (Å²) in [5, 5.41) is 5.32. The lowest BCUT2D eigenvalue weighted by Gasteiger charge is -2.22. The molecule has 1 unspecified atom stereocenters. The summed E-state index contributed by atoms with van der Waals surface area (Å²) in [6.07, 6.45) is 4.41. The third kappa shape index (κ3) is 2.72. The van der Waals surface area contributed by atoms with Crippen LogP contribution in [0.2, 0.25) is 0 Å². The Balaban J connectivity index is 2.59. The van der Waals surface area contributed by atoms with Gasteiger partial charge in [0.25, 0.3) is 0 Å². The van der Waals surface area contributed by atoms with Gasteiger partial charge in [0.1, 0.15) is 6.04 Å². The molecule has 4 heteroatoms. The van der Waals surface area contributed by atoms with E-state index in [0.717, 1.165) is 25.7 Å². The molecule has 80 valence electrons. The molecule has 0 aromatic rings. The normalized spacial score (nSPS) is 19.0. The Morgan fingerprint density at radius 3 is 2.29 bits per heavy atom. The number of likely N-dealkylation sites (N-methyl/N-ethyl adjacent to an activating group) is 1. The third-order valence-electron chi connectivity index (χ3n) is 2.76. The van der Waals surface area contributed by atoms with E-state index in [1.165, 1.54) is 6.92 Å². The van der Waals surface area contributed by atoms with E-state index in [0.29, 0.717) is 5.92 Å². The van der Waals surface area contributed by atoms with Crippen LogP contribution in [-0.2, 0) is 9.59 Å². The highest BCUT2D eigenvalue weighted by Crippen LogP contribution is 2.27. The average Bonchev–Trinajstić information content (AvgIpc) is 2.65. The molecular formula is C10H18N2O2. The van der Waals surface area contributed by atoms with E-state index in [2.05, 4.69) is 10.6 Å². The van der Waals surface area contributed by atoms with Crippen molar-refractivity contribution < 1.29 is 9.59 Å². The summed E-state index contributed by atoms with van der Waals surface area (Å²) in [5.41, 5.74) is 0. The summed E-state index contributed by atoms with van der Waals surface area (Å²) in [5.74, 6) is 0.108. The molecule has 2 amide bonds. The van der Waals surface area contributed by atoms with Crippen molar-refractivity contribution in [3.63, 3.8) is 0 Å². The average molecular weight is 198 g/mol. The second kappa shape index (κ2) is 4.98. The third-order valence-corrected chi connectivity index (χ3v) is 2.76. The van der Waals surface area contributed by atoms with Gasteiger partial charge in [0.2, 0.25) is 11.8 Å². The minimum Gasteiger partial charge on any atom is -0.357 e. The summed E-state index contributed by atoms with van der Waals surface area (Å²) in [7, 11) is 1.60. The lowest BCUT2D eigenvalue weighted by Crippen LogP contribution is -2.48. The van der Waals surface area contributed by atoms with Gasteiger partial charge in [-0.25, -0.2) is 0 Å². The van der Waals surface area contributed by atoms with Crippen molar-refractivity contribution in [3.05, 3.63) is 0 Å². The van der Waals surface area contributed by atoms with E-state index in [4.69, 9.17) is 0 Å². The van der Waals surface area contributed by atoms with Crippen LogP contribution < -0.4 is 10.6 Å². The predicted octanol–water partition coefficient (Wildman–Crippen LogP) is 0.427. The van der Waals surface area contributed by atoms with Crippen molar-refractivity contribution >= 4 is 11.8 Å². The zero-order valence-electron chi connectivity index (χ0n) is 8.80. The number of hydrogen-bond acceptors (Lipinski definition) is 2. The Morgan fingerprint density at radius 2 is 1.86 bits per heavy atom. The van der Waals surface area contributed by atoms with Gasteiger partial charge >= 0.3 is 0 Å². The summed E-state index contributed by atoms with van der Waals surface area (Å²) in [6, 6.07) is -0.333. The highest BCUT2D eigenvalue weighted by molar-refractivity contribution is 5.86. The highest BCUT2D eigenvalue weighted by Gasteiger charge is 2.30. The van der Waals surface area contributed by atoms with Gasteiger partial charge in [-0.15, -0.1) is 0 Å². The Labute approximate surface area is 84.4 Å². The molecule has 1 atom stereocenters. The van der Waals surface area contributed by atoms with Crippen LogP contribution in [0.1, 0.15) is 32.6 Å². The second-order valence-electron chi connectivity index (χ2n) is 3.84. The van der Waals surface area contributed by atoms with Gasteiger partial charge in [0, 0.05) is 14.0 Å². The van der Waals surface area contributed by atoms with E-state index in [-0.39, 0.29) is 17.9 Å². The number of carbonyl (C=O) groups is 2. The molecule has 0 spiro atoms. The SMILES string of the molecule is CNC(=O)C(NC(C)=O)C1CCCC1. The smallest absolute Gasteiger partial charge is 0.242 e. The van der Waals surface area contributed by atoms with Gasteiger partial charge in [-0.1, -0.05) is 12.8 Å². The van der Waals surface area contributed by atoms with Crippen molar-refractivity contribution in [2.75, 3.05) is 7.05 Å². The summed E-state index contributed by atoms with van der Waals surface area (Å²) < 4.78 is 0. The fourth-order valence-corrected chi connectivity index (χ4v) is 2.06. The summed E-state index contributed by atoms with van der Waals surface area (Å²) >= 11 is 0. The number of rotatable bonds is 3. The Hall–Kier alpha value is -1.06. The topological polar surface area (TPSA) is 58.2 Å². The van der Waals surface area contributed by atoms with Crippen LogP contribution in [0.25, 0.3) is 0 Å². The first kappa shape index (κ1) is 11.0. The number of hydrogen-bond donors (Lipinski definition) is 2. The zero-order chi connectivity index (χ0) is 10.6. The standard InChI is InChI=1S/C10H18N2O2/c1-7(13)12-9(10(14)11-2)8-5-3-4-6-8/h8-9H,3-6H2,1-2H3,(H,11,14)(H,12,13). The molecule has 2 N–H and O–H groups in total. The van der Waals surface area contributed by atoms with Crippen LogP contribution in [0.5, 0.6) is 0 Å². The first-order valence-corrected chi connectivity index (χ1v) is 5.14. The largest absolute Gasteiger partial charge is 0.357 e. The van der Waals surface area contributed by atoms with Crippen molar-refractivity contribution in [2.45, 2.75) is 38.6 Å². The molecule has 4 nitrogen and oxygen atoms in total. The van der Waals surface area contributed by atoms with E-state index in [9.17, 15) is 9.59 Å². The zero-order valence-corrected chi connectivity index (χ0v) is 8.80. The van der Waals surface area contributed by atoms with Gasteiger partial charge in [-0.05, 0) is 18.8 Å². The monoisotopic (exact) mass is 198 g/mol. The molecule has 1 aliphatic rings. The molecular weight excluding hydrogens is 180 g/mol. The van der Waals surface area contributed by atoms with Crippen LogP contribution >= 0.6 is 0 Å². The fourth-order valence-electron chi connectivity index (χ4n) is 2.06. The molecule has 0 aliphatic heterocycles. The van der Waals surface area contributed by atoms with Gasteiger partial charge in [0.05, 0.1) is 0 Å². The van der Waals surface area contributed by atoms with Crippen LogP contribution in [0.4, 0.5) is 0 Å². The molecule has 1 saturated carbocycles. The van der Waals surface area contributed by atoms with Crippen LogP contribution in [0, 0.1) is 5.92 Å². The summed E-state index contributed by atoms with van der Waals surface area (Å²) in [6.45, 7) is 1.45. The lowest BCUT2D eigenvalue weighted by atomic mass is 9.97. The molecule has 1 fully saturated rings. The first-order valence-electron chi connectivity index (χ1n) is 5.14. The van der Waals surface area contributed by atoms with Crippen LogP contribution in [0.15, 0.2) is 0 Å². The van der Waals surface area contributed by atoms with Gasteiger partial charge < -0.3 is 10.6 Å². The molecule has 14 heavy (non-hydrogen) atoms. The van der Waals surface area contributed by atoms with E-state index in [1.807, 2.05) is 0 Å². The molecule has 1 rings (SSSR count). The van der Waals surface area contributed by atoms with Crippen molar-refractivity contribution in [1.29, 1.82) is 0 Å². The molecule has 0 radical (unpaired) electrons. The number of nitrogens with one attached hydrogen (secondary N) is 2. The fraction of sp³-hybridized carbons (Fsp3) is 0.800. The van der Waals surface area contributed by atoms with Crippen molar-refractivity contribution in [1.82, 2.24) is 10.6 Å². The van der Waals surface area contributed by atoms with E-state index < -0.39 is 0 Å². The predicted molar refractivity (Wildman–Crippen MR) is 53.6 cm³/mol. The summed E-state index contributed by atoms with van der Waals surface area (Å²) in [4.78, 5) is 22.4. The first-order chi connectivity index (χ1) is 6.65. The van der Waals surface area contributed by atoms with Crippen molar-refractivity contribution in [2.24, 2.45) is 5.92 Å². The van der Waals surface area contributed by atoms with E-state index >= 15 is 0 Å². The van der Waals surface area contributed by atoms with Gasteiger partial charge in [0.15, 0.2) is 0 Å². The minimum absolute atomic E-state index is 0.0768. The highest BCUT2D eigenvalue weighted by atomic mass is 16.2. The maximum atomic E-state index is 11.5. The minimum atomic E-state index is -0.333. The number of carbonyl (C=O) groups excluding carboxylic acids is 2.